The highest BCUT2D eigenvalue weighted by Crippen LogP contribution is 2.24. The largest absolute Gasteiger partial charge is 0.496 e. The molecular formula is C14H23BrN2O. The Morgan fingerprint density at radius 2 is 2.11 bits per heavy atom. The lowest BCUT2D eigenvalue weighted by molar-refractivity contribution is 0.264. The Kier molecular flexibility index (Phi) is 7.32. The summed E-state index contributed by atoms with van der Waals surface area (Å²) in [5.41, 5.74) is 6.88. The van der Waals surface area contributed by atoms with Crippen molar-refractivity contribution in [3.63, 3.8) is 0 Å². The van der Waals surface area contributed by atoms with Gasteiger partial charge in [0.05, 0.1) is 7.11 Å². The number of benzene rings is 1. The van der Waals surface area contributed by atoms with Crippen LogP contribution in [0.25, 0.3) is 0 Å². The van der Waals surface area contributed by atoms with Gasteiger partial charge in [-0.3, -0.25) is 4.90 Å². The van der Waals surface area contributed by atoms with E-state index >= 15 is 0 Å². The zero-order valence-electron chi connectivity index (χ0n) is 11.3. The van der Waals surface area contributed by atoms with Crippen LogP contribution in [0, 0.1) is 0 Å². The van der Waals surface area contributed by atoms with Gasteiger partial charge in [-0.15, -0.1) is 0 Å². The number of unbranched alkanes of at least 4 members (excludes halogenated alkanes) is 1. The first-order valence-corrected chi connectivity index (χ1v) is 7.25. The van der Waals surface area contributed by atoms with E-state index in [0.29, 0.717) is 6.54 Å². The fraction of sp³-hybridized carbons (Fsp3) is 0.571. The minimum Gasteiger partial charge on any atom is -0.496 e. The summed E-state index contributed by atoms with van der Waals surface area (Å²) in [7, 11) is 1.71. The lowest BCUT2D eigenvalue weighted by Crippen LogP contribution is -2.30. The molecule has 0 atom stereocenters. The molecule has 0 aliphatic rings. The molecule has 0 aliphatic carbocycles. The second kappa shape index (κ2) is 8.51. The van der Waals surface area contributed by atoms with Crippen molar-refractivity contribution in [1.82, 2.24) is 4.90 Å². The predicted octanol–water partition coefficient (Wildman–Crippen LogP) is 3.02. The molecule has 1 aromatic rings. The quantitative estimate of drug-likeness (QED) is 0.801. The van der Waals surface area contributed by atoms with Crippen molar-refractivity contribution in [2.24, 2.45) is 5.73 Å². The van der Waals surface area contributed by atoms with Crippen molar-refractivity contribution in [3.8, 4) is 5.75 Å². The molecule has 0 saturated heterocycles. The molecule has 3 nitrogen and oxygen atoms in total. The lowest BCUT2D eigenvalue weighted by Gasteiger charge is -2.22. The highest BCUT2D eigenvalue weighted by molar-refractivity contribution is 9.10. The molecule has 0 aromatic heterocycles. The van der Waals surface area contributed by atoms with Crippen LogP contribution in [0.3, 0.4) is 0 Å². The van der Waals surface area contributed by atoms with E-state index in [2.05, 4.69) is 33.8 Å². The lowest BCUT2D eigenvalue weighted by atomic mass is 10.1. The summed E-state index contributed by atoms with van der Waals surface area (Å²) >= 11 is 3.51. The van der Waals surface area contributed by atoms with Crippen LogP contribution in [0.2, 0.25) is 0 Å². The van der Waals surface area contributed by atoms with E-state index in [0.717, 1.165) is 29.9 Å². The molecule has 0 amide bonds. The van der Waals surface area contributed by atoms with Crippen LogP contribution in [0.4, 0.5) is 0 Å². The Labute approximate surface area is 118 Å². The highest BCUT2D eigenvalue weighted by Gasteiger charge is 2.09. The molecule has 1 rings (SSSR count). The molecule has 1 aromatic carbocycles. The maximum atomic E-state index is 5.67. The van der Waals surface area contributed by atoms with Crippen LogP contribution in [-0.4, -0.2) is 31.6 Å². The molecular weight excluding hydrogens is 292 g/mol. The van der Waals surface area contributed by atoms with Crippen LogP contribution in [0.5, 0.6) is 5.75 Å². The van der Waals surface area contributed by atoms with Gasteiger partial charge in [0.1, 0.15) is 5.75 Å². The Balaban J connectivity index is 2.74. The van der Waals surface area contributed by atoms with Crippen LogP contribution in [0.1, 0.15) is 25.3 Å². The van der Waals surface area contributed by atoms with Crippen molar-refractivity contribution in [2.75, 3.05) is 26.7 Å². The summed E-state index contributed by atoms with van der Waals surface area (Å²) in [5, 5.41) is 0. The van der Waals surface area contributed by atoms with Gasteiger partial charge in [0.25, 0.3) is 0 Å². The van der Waals surface area contributed by atoms with E-state index in [-0.39, 0.29) is 0 Å². The summed E-state index contributed by atoms with van der Waals surface area (Å²) in [6, 6.07) is 6.12. The number of hydrogen-bond donors (Lipinski definition) is 1. The van der Waals surface area contributed by atoms with E-state index in [1.165, 1.54) is 18.4 Å². The molecule has 0 fully saturated rings. The van der Waals surface area contributed by atoms with Gasteiger partial charge in [0.15, 0.2) is 0 Å². The minimum atomic E-state index is 0.694. The Bertz CT molecular complexity index is 358. The zero-order valence-corrected chi connectivity index (χ0v) is 12.9. The van der Waals surface area contributed by atoms with E-state index in [9.17, 15) is 0 Å². The summed E-state index contributed by atoms with van der Waals surface area (Å²) in [6.45, 7) is 5.80. The van der Waals surface area contributed by atoms with Gasteiger partial charge < -0.3 is 10.5 Å². The number of nitrogens with zero attached hydrogens (tertiary/aromatic N) is 1. The van der Waals surface area contributed by atoms with Gasteiger partial charge in [0.2, 0.25) is 0 Å². The SMILES string of the molecule is CCCCN(CCN)Cc1cc(Br)ccc1OC. The van der Waals surface area contributed by atoms with Gasteiger partial charge in [-0.1, -0.05) is 29.3 Å². The van der Waals surface area contributed by atoms with Gasteiger partial charge in [-0.2, -0.15) is 0 Å². The second-order valence-corrected chi connectivity index (χ2v) is 5.29. The third kappa shape index (κ3) is 4.96. The van der Waals surface area contributed by atoms with Gasteiger partial charge in [-0.25, -0.2) is 0 Å². The zero-order chi connectivity index (χ0) is 13.4. The number of ether oxygens (including phenoxy) is 1. The van der Waals surface area contributed by atoms with Crippen LogP contribution in [-0.2, 0) is 6.54 Å². The third-order valence-electron chi connectivity index (χ3n) is 2.91. The molecule has 0 unspecified atom stereocenters. The van der Waals surface area contributed by atoms with Crippen molar-refractivity contribution in [3.05, 3.63) is 28.2 Å². The van der Waals surface area contributed by atoms with Crippen molar-refractivity contribution in [2.45, 2.75) is 26.3 Å². The second-order valence-electron chi connectivity index (χ2n) is 4.37. The number of nitrogens with two attached hydrogens (primary N) is 1. The van der Waals surface area contributed by atoms with Crippen molar-refractivity contribution in [1.29, 1.82) is 0 Å². The number of halogens is 1. The molecule has 0 spiro atoms. The summed E-state index contributed by atoms with van der Waals surface area (Å²) in [5.74, 6) is 0.941. The first-order chi connectivity index (χ1) is 8.71. The van der Waals surface area contributed by atoms with Gasteiger partial charge in [-0.05, 0) is 31.2 Å². The summed E-state index contributed by atoms with van der Waals surface area (Å²) < 4.78 is 6.49. The molecule has 0 heterocycles. The number of rotatable bonds is 8. The standard InChI is InChI=1S/C14H23BrN2O/c1-3-4-8-17(9-7-16)11-12-10-13(15)5-6-14(12)18-2/h5-6,10H,3-4,7-9,11,16H2,1-2H3. The van der Waals surface area contributed by atoms with E-state index in [4.69, 9.17) is 10.5 Å². The van der Waals surface area contributed by atoms with E-state index in [1.807, 2.05) is 12.1 Å². The Hall–Kier alpha value is -0.580. The summed E-state index contributed by atoms with van der Waals surface area (Å²) in [6.07, 6.45) is 2.41. The van der Waals surface area contributed by atoms with E-state index < -0.39 is 0 Å². The van der Waals surface area contributed by atoms with Crippen LogP contribution >= 0.6 is 15.9 Å². The maximum Gasteiger partial charge on any atom is 0.123 e. The van der Waals surface area contributed by atoms with Gasteiger partial charge in [0, 0.05) is 29.7 Å². The predicted molar refractivity (Wildman–Crippen MR) is 79.9 cm³/mol. The van der Waals surface area contributed by atoms with E-state index in [1.54, 1.807) is 7.11 Å². The number of methoxy groups -OCH3 is 1. The average molecular weight is 315 g/mol. The maximum absolute atomic E-state index is 5.67. The third-order valence-corrected chi connectivity index (χ3v) is 3.40. The molecule has 0 radical (unpaired) electrons. The number of hydrogen-bond acceptors (Lipinski definition) is 3. The normalized spacial score (nSPS) is 10.9. The average Bonchev–Trinajstić information content (AvgIpc) is 2.36. The monoisotopic (exact) mass is 314 g/mol. The molecule has 0 aliphatic heterocycles. The minimum absolute atomic E-state index is 0.694. The molecule has 2 N–H and O–H groups in total. The molecule has 4 heteroatoms. The van der Waals surface area contributed by atoms with Crippen molar-refractivity contribution < 1.29 is 4.74 Å². The first kappa shape index (κ1) is 15.5. The fourth-order valence-electron chi connectivity index (χ4n) is 1.95. The summed E-state index contributed by atoms with van der Waals surface area (Å²) in [4.78, 5) is 2.38. The fourth-order valence-corrected chi connectivity index (χ4v) is 2.35. The molecule has 0 saturated carbocycles. The Morgan fingerprint density at radius 3 is 2.72 bits per heavy atom. The molecule has 18 heavy (non-hydrogen) atoms. The first-order valence-electron chi connectivity index (χ1n) is 6.46. The van der Waals surface area contributed by atoms with Crippen LogP contribution < -0.4 is 10.5 Å². The van der Waals surface area contributed by atoms with Crippen molar-refractivity contribution >= 4 is 15.9 Å². The molecule has 0 bridgehead atoms. The topological polar surface area (TPSA) is 38.5 Å². The highest BCUT2D eigenvalue weighted by atomic mass is 79.9. The Morgan fingerprint density at radius 1 is 1.33 bits per heavy atom. The van der Waals surface area contributed by atoms with Gasteiger partial charge >= 0.3 is 0 Å². The molecule has 102 valence electrons. The smallest absolute Gasteiger partial charge is 0.123 e. The van der Waals surface area contributed by atoms with Crippen LogP contribution in [0.15, 0.2) is 22.7 Å².